The summed E-state index contributed by atoms with van der Waals surface area (Å²) in [5.74, 6) is -0.185. The normalized spacial score (nSPS) is 11.5. The Hall–Kier alpha value is -3.62. The van der Waals surface area contributed by atoms with Crippen molar-refractivity contribution < 1.29 is 9.90 Å². The van der Waals surface area contributed by atoms with Crippen LogP contribution in [0.15, 0.2) is 87.8 Å². The van der Waals surface area contributed by atoms with Crippen LogP contribution in [-0.2, 0) is 4.79 Å². The van der Waals surface area contributed by atoms with Crippen LogP contribution in [0.5, 0.6) is 5.75 Å². The maximum atomic E-state index is 13.2. The van der Waals surface area contributed by atoms with Gasteiger partial charge in [0, 0.05) is 5.02 Å². The van der Waals surface area contributed by atoms with Gasteiger partial charge in [-0.15, -0.1) is 0 Å². The SMILES string of the molecule is C/C(=N/NC(=O)CSc1nc2ccccc2c(=O)n1-c1ccc(Cl)cc1)c1ccc(O)cc1. The molecule has 166 valence electrons. The molecule has 1 amide bonds. The van der Waals surface area contributed by atoms with Crippen molar-refractivity contribution in [2.24, 2.45) is 5.10 Å². The Balaban J connectivity index is 1.57. The van der Waals surface area contributed by atoms with Crippen LogP contribution in [0.3, 0.4) is 0 Å². The largest absolute Gasteiger partial charge is 0.508 e. The number of aromatic hydroxyl groups is 1. The predicted molar refractivity (Wildman–Crippen MR) is 132 cm³/mol. The van der Waals surface area contributed by atoms with Crippen LogP contribution < -0.4 is 11.0 Å². The summed E-state index contributed by atoms with van der Waals surface area (Å²) in [7, 11) is 0. The molecule has 33 heavy (non-hydrogen) atoms. The van der Waals surface area contributed by atoms with Crippen LogP contribution >= 0.6 is 23.4 Å². The van der Waals surface area contributed by atoms with E-state index in [4.69, 9.17) is 11.6 Å². The molecule has 0 bridgehead atoms. The minimum absolute atomic E-state index is 0.00469. The second kappa shape index (κ2) is 9.89. The van der Waals surface area contributed by atoms with E-state index in [1.165, 1.54) is 4.57 Å². The number of thioether (sulfide) groups is 1. The third kappa shape index (κ3) is 5.24. The van der Waals surface area contributed by atoms with E-state index in [9.17, 15) is 14.7 Å². The summed E-state index contributed by atoms with van der Waals surface area (Å²) in [6, 6.07) is 20.4. The van der Waals surface area contributed by atoms with E-state index in [0.717, 1.165) is 17.3 Å². The van der Waals surface area contributed by atoms with Gasteiger partial charge in [0.05, 0.1) is 28.1 Å². The first-order valence-corrected chi connectivity index (χ1v) is 11.3. The number of halogens is 1. The molecule has 0 aliphatic carbocycles. The van der Waals surface area contributed by atoms with Gasteiger partial charge in [-0.2, -0.15) is 5.10 Å². The number of nitrogens with one attached hydrogen (secondary N) is 1. The number of hydrazone groups is 1. The number of carbonyl (C=O) groups is 1. The highest BCUT2D eigenvalue weighted by molar-refractivity contribution is 7.99. The molecular weight excluding hydrogens is 460 g/mol. The zero-order valence-electron chi connectivity index (χ0n) is 17.5. The van der Waals surface area contributed by atoms with Gasteiger partial charge in [0.25, 0.3) is 11.5 Å². The minimum Gasteiger partial charge on any atom is -0.508 e. The summed E-state index contributed by atoms with van der Waals surface area (Å²) in [5.41, 5.74) is 4.81. The summed E-state index contributed by atoms with van der Waals surface area (Å²) in [4.78, 5) is 30.3. The molecule has 0 fully saturated rings. The Labute approximate surface area is 198 Å². The summed E-state index contributed by atoms with van der Waals surface area (Å²) in [6.07, 6.45) is 0. The number of amides is 1. The number of benzene rings is 3. The molecule has 0 atom stereocenters. The highest BCUT2D eigenvalue weighted by atomic mass is 35.5. The number of hydrogen-bond donors (Lipinski definition) is 2. The number of hydrogen-bond acceptors (Lipinski definition) is 6. The molecule has 0 radical (unpaired) electrons. The predicted octanol–water partition coefficient (Wildman–Crippen LogP) is 4.38. The third-order valence-electron chi connectivity index (χ3n) is 4.80. The highest BCUT2D eigenvalue weighted by Crippen LogP contribution is 2.22. The van der Waals surface area contributed by atoms with E-state index >= 15 is 0 Å². The zero-order valence-corrected chi connectivity index (χ0v) is 19.1. The molecule has 0 saturated carbocycles. The summed E-state index contributed by atoms with van der Waals surface area (Å²) in [6.45, 7) is 1.75. The van der Waals surface area contributed by atoms with Crippen molar-refractivity contribution in [2.75, 3.05) is 5.75 Å². The van der Waals surface area contributed by atoms with Crippen molar-refractivity contribution in [3.05, 3.63) is 93.7 Å². The average molecular weight is 479 g/mol. The molecule has 0 aliphatic heterocycles. The lowest BCUT2D eigenvalue weighted by Gasteiger charge is -2.13. The van der Waals surface area contributed by atoms with E-state index in [0.29, 0.717) is 32.5 Å². The molecule has 4 aromatic rings. The number of para-hydroxylation sites is 1. The molecule has 4 rings (SSSR count). The molecule has 2 N–H and O–H groups in total. The van der Waals surface area contributed by atoms with Crippen LogP contribution in [0.25, 0.3) is 16.6 Å². The van der Waals surface area contributed by atoms with E-state index < -0.39 is 0 Å². The van der Waals surface area contributed by atoms with E-state index in [2.05, 4.69) is 15.5 Å². The maximum absolute atomic E-state index is 13.2. The van der Waals surface area contributed by atoms with Gasteiger partial charge in [-0.25, -0.2) is 10.4 Å². The Morgan fingerprint density at radius 2 is 1.79 bits per heavy atom. The highest BCUT2D eigenvalue weighted by Gasteiger charge is 2.15. The molecule has 0 saturated heterocycles. The molecule has 1 aromatic heterocycles. The van der Waals surface area contributed by atoms with Gasteiger partial charge in [0.1, 0.15) is 5.75 Å². The molecule has 0 unspecified atom stereocenters. The second-order valence-corrected chi connectivity index (χ2v) is 8.48. The number of nitrogens with zero attached hydrogens (tertiary/aromatic N) is 3. The van der Waals surface area contributed by atoms with E-state index in [1.807, 2.05) is 6.07 Å². The number of phenols is 1. The van der Waals surface area contributed by atoms with E-state index in [1.54, 1.807) is 73.7 Å². The second-order valence-electron chi connectivity index (χ2n) is 7.10. The monoisotopic (exact) mass is 478 g/mol. The lowest BCUT2D eigenvalue weighted by molar-refractivity contribution is -0.118. The Morgan fingerprint density at radius 1 is 1.09 bits per heavy atom. The van der Waals surface area contributed by atoms with Gasteiger partial charge in [0.15, 0.2) is 5.16 Å². The van der Waals surface area contributed by atoms with Crippen molar-refractivity contribution in [1.29, 1.82) is 0 Å². The molecule has 7 nitrogen and oxygen atoms in total. The van der Waals surface area contributed by atoms with Crippen molar-refractivity contribution in [1.82, 2.24) is 15.0 Å². The van der Waals surface area contributed by atoms with Crippen molar-refractivity contribution >= 4 is 45.9 Å². The third-order valence-corrected chi connectivity index (χ3v) is 5.99. The summed E-state index contributed by atoms with van der Waals surface area (Å²) < 4.78 is 1.47. The van der Waals surface area contributed by atoms with Gasteiger partial charge < -0.3 is 5.11 Å². The lowest BCUT2D eigenvalue weighted by Crippen LogP contribution is -2.24. The minimum atomic E-state index is -0.344. The molecular formula is C24H19ClN4O3S. The average Bonchev–Trinajstić information content (AvgIpc) is 2.82. The molecule has 3 aromatic carbocycles. The molecule has 0 aliphatic rings. The van der Waals surface area contributed by atoms with Gasteiger partial charge in [-0.05, 0) is 73.2 Å². The standard InChI is InChI=1S/C24H19ClN4O3S/c1-15(16-6-12-19(30)13-7-16)27-28-22(31)14-33-24-26-21-5-3-2-4-20(21)23(32)29(24)18-10-8-17(25)9-11-18/h2-13,30H,14H2,1H3,(H,28,31)/b27-15-. The van der Waals surface area contributed by atoms with Crippen molar-refractivity contribution in [3.8, 4) is 11.4 Å². The first-order valence-electron chi connectivity index (χ1n) is 9.95. The van der Waals surface area contributed by atoms with Gasteiger partial charge in [0.2, 0.25) is 0 Å². The molecule has 9 heteroatoms. The number of carbonyl (C=O) groups excluding carboxylic acids is 1. The fourth-order valence-electron chi connectivity index (χ4n) is 3.10. The van der Waals surface area contributed by atoms with Crippen LogP contribution in [0, 0.1) is 0 Å². The fourth-order valence-corrected chi connectivity index (χ4v) is 4.03. The number of aromatic nitrogens is 2. The molecule has 0 spiro atoms. The number of fused-ring (bicyclic) bond motifs is 1. The Bertz CT molecular complexity index is 1400. The van der Waals surface area contributed by atoms with Gasteiger partial charge in [-0.3, -0.25) is 14.2 Å². The number of rotatable bonds is 6. The Morgan fingerprint density at radius 3 is 2.52 bits per heavy atom. The van der Waals surface area contributed by atoms with Crippen LogP contribution in [-0.4, -0.2) is 32.0 Å². The summed E-state index contributed by atoms with van der Waals surface area (Å²) in [5, 5.41) is 14.9. The van der Waals surface area contributed by atoms with Crippen LogP contribution in [0.2, 0.25) is 5.02 Å². The van der Waals surface area contributed by atoms with Crippen molar-refractivity contribution in [2.45, 2.75) is 12.1 Å². The topological polar surface area (TPSA) is 96.6 Å². The quantitative estimate of drug-likeness (QED) is 0.185. The maximum Gasteiger partial charge on any atom is 0.266 e. The Kier molecular flexibility index (Phi) is 6.76. The molecule has 1 heterocycles. The zero-order chi connectivity index (χ0) is 23.4. The van der Waals surface area contributed by atoms with Crippen LogP contribution in [0.1, 0.15) is 12.5 Å². The first-order chi connectivity index (χ1) is 15.9. The smallest absolute Gasteiger partial charge is 0.266 e. The van der Waals surface area contributed by atoms with Crippen LogP contribution in [0.4, 0.5) is 0 Å². The van der Waals surface area contributed by atoms with Crippen molar-refractivity contribution in [3.63, 3.8) is 0 Å². The van der Waals surface area contributed by atoms with Gasteiger partial charge >= 0.3 is 0 Å². The summed E-state index contributed by atoms with van der Waals surface area (Å²) >= 11 is 7.14. The first kappa shape index (κ1) is 22.6. The fraction of sp³-hybridized carbons (Fsp3) is 0.0833. The lowest BCUT2D eigenvalue weighted by atomic mass is 10.1. The number of phenolic OH excluding ortho intramolecular Hbond substituents is 1. The van der Waals surface area contributed by atoms with E-state index in [-0.39, 0.29) is 23.0 Å². The van der Waals surface area contributed by atoms with Gasteiger partial charge in [-0.1, -0.05) is 35.5 Å².